The summed E-state index contributed by atoms with van der Waals surface area (Å²) in [6.07, 6.45) is 1.39. The Labute approximate surface area is 229 Å². The van der Waals surface area contributed by atoms with Crippen molar-refractivity contribution in [3.8, 4) is 5.75 Å². The average molecular weight is 558 g/mol. The first-order valence-electron chi connectivity index (χ1n) is 12.1. The Hall–Kier alpha value is -3.56. The molecular weight excluding hydrogens is 526 g/mol. The second-order valence-electron chi connectivity index (χ2n) is 8.72. The Kier molecular flexibility index (Phi) is 10.2. The third kappa shape index (κ3) is 7.97. The van der Waals surface area contributed by atoms with Crippen LogP contribution in [0.4, 0.5) is 5.69 Å². The van der Waals surface area contributed by atoms with E-state index in [0.29, 0.717) is 29.5 Å². The topological polar surface area (TPSA) is 96.0 Å². The van der Waals surface area contributed by atoms with E-state index in [1.165, 1.54) is 11.9 Å². The van der Waals surface area contributed by atoms with Crippen molar-refractivity contribution in [3.63, 3.8) is 0 Å². The molecule has 0 radical (unpaired) electrons. The van der Waals surface area contributed by atoms with Gasteiger partial charge in [-0.05, 0) is 53.9 Å². The molecule has 0 aliphatic rings. The second-order valence-corrected chi connectivity index (χ2v) is 11.1. The standard InChI is InChI=1S/C28H32ClN3O5S/c1-4-26(28(34)30-2)31(18-21-10-12-23(29)13-11-21)27(33)19-32(38(3,35)36)24-14-16-25(17-15-24)37-20-22-8-6-5-7-9-22/h5-17,26H,4,18-20H2,1-3H3,(H,30,34)/t26-/m1/s1. The number of nitrogens with one attached hydrogen (secondary N) is 1. The summed E-state index contributed by atoms with van der Waals surface area (Å²) in [6, 6.07) is 22.3. The lowest BCUT2D eigenvalue weighted by atomic mass is 10.1. The Balaban J connectivity index is 1.83. The fourth-order valence-corrected chi connectivity index (χ4v) is 4.91. The van der Waals surface area contributed by atoms with E-state index in [-0.39, 0.29) is 12.5 Å². The normalized spacial score (nSPS) is 11.9. The number of anilines is 1. The molecule has 8 nitrogen and oxygen atoms in total. The molecule has 1 atom stereocenters. The number of benzene rings is 3. The Bertz CT molecular complexity index is 1320. The number of carbonyl (C=O) groups excluding carboxylic acids is 2. The zero-order valence-corrected chi connectivity index (χ0v) is 23.2. The molecule has 3 aromatic rings. The van der Waals surface area contributed by atoms with Crippen LogP contribution in [0.15, 0.2) is 78.9 Å². The predicted octanol–water partition coefficient (Wildman–Crippen LogP) is 4.24. The van der Waals surface area contributed by atoms with Gasteiger partial charge >= 0.3 is 0 Å². The van der Waals surface area contributed by atoms with Gasteiger partial charge in [-0.3, -0.25) is 13.9 Å². The van der Waals surface area contributed by atoms with E-state index < -0.39 is 28.5 Å². The number of ether oxygens (including phenoxy) is 1. The summed E-state index contributed by atoms with van der Waals surface area (Å²) < 4.78 is 32.3. The Morgan fingerprint density at radius 1 is 0.947 bits per heavy atom. The highest BCUT2D eigenvalue weighted by molar-refractivity contribution is 7.92. The largest absolute Gasteiger partial charge is 0.489 e. The molecule has 202 valence electrons. The number of nitrogens with zero attached hydrogens (tertiary/aromatic N) is 2. The van der Waals surface area contributed by atoms with Crippen molar-refractivity contribution in [1.82, 2.24) is 10.2 Å². The van der Waals surface area contributed by atoms with Crippen LogP contribution in [0.25, 0.3) is 0 Å². The Morgan fingerprint density at radius 3 is 2.13 bits per heavy atom. The van der Waals surface area contributed by atoms with Crippen LogP contribution in [-0.4, -0.2) is 51.0 Å². The van der Waals surface area contributed by atoms with E-state index in [1.54, 1.807) is 55.5 Å². The number of carbonyl (C=O) groups is 2. The number of rotatable bonds is 12. The van der Waals surface area contributed by atoms with Gasteiger partial charge in [0.05, 0.1) is 11.9 Å². The Morgan fingerprint density at radius 2 is 1.58 bits per heavy atom. The predicted molar refractivity (Wildman–Crippen MR) is 150 cm³/mol. The maximum atomic E-state index is 13.6. The summed E-state index contributed by atoms with van der Waals surface area (Å²) in [5.41, 5.74) is 2.07. The van der Waals surface area contributed by atoms with Crippen molar-refractivity contribution in [3.05, 3.63) is 95.0 Å². The maximum absolute atomic E-state index is 13.6. The van der Waals surface area contributed by atoms with Crippen LogP contribution in [0.5, 0.6) is 5.75 Å². The molecule has 38 heavy (non-hydrogen) atoms. The first-order valence-corrected chi connectivity index (χ1v) is 14.3. The fraction of sp³-hybridized carbons (Fsp3) is 0.286. The molecule has 0 aliphatic carbocycles. The third-order valence-corrected chi connectivity index (χ3v) is 7.34. The minimum atomic E-state index is -3.82. The summed E-state index contributed by atoms with van der Waals surface area (Å²) in [4.78, 5) is 27.6. The van der Waals surface area contributed by atoms with Gasteiger partial charge in [-0.15, -0.1) is 0 Å². The molecule has 0 heterocycles. The van der Waals surface area contributed by atoms with Gasteiger partial charge in [0, 0.05) is 18.6 Å². The molecule has 0 fully saturated rings. The van der Waals surface area contributed by atoms with E-state index in [0.717, 1.165) is 21.7 Å². The minimum absolute atomic E-state index is 0.117. The molecule has 2 amide bonds. The summed E-state index contributed by atoms with van der Waals surface area (Å²) >= 11 is 6.00. The van der Waals surface area contributed by atoms with Crippen LogP contribution < -0.4 is 14.4 Å². The fourth-order valence-electron chi connectivity index (χ4n) is 3.94. The summed E-state index contributed by atoms with van der Waals surface area (Å²) in [5.74, 6) is -0.279. The smallest absolute Gasteiger partial charge is 0.244 e. The van der Waals surface area contributed by atoms with Crippen LogP contribution >= 0.6 is 11.6 Å². The lowest BCUT2D eigenvalue weighted by Gasteiger charge is -2.32. The molecule has 1 N–H and O–H groups in total. The molecule has 0 bridgehead atoms. The highest BCUT2D eigenvalue weighted by Gasteiger charge is 2.31. The highest BCUT2D eigenvalue weighted by atomic mass is 35.5. The zero-order valence-electron chi connectivity index (χ0n) is 21.6. The van der Waals surface area contributed by atoms with Gasteiger partial charge in [-0.2, -0.15) is 0 Å². The molecule has 0 saturated heterocycles. The van der Waals surface area contributed by atoms with Gasteiger partial charge in [0.15, 0.2) is 0 Å². The average Bonchev–Trinajstić information content (AvgIpc) is 2.91. The number of halogens is 1. The number of hydrogen-bond acceptors (Lipinski definition) is 5. The first-order chi connectivity index (χ1) is 18.1. The third-order valence-electron chi connectivity index (χ3n) is 5.95. The molecule has 0 aromatic heterocycles. The molecular formula is C28H32ClN3O5S. The second kappa shape index (κ2) is 13.3. The van der Waals surface area contributed by atoms with Crippen LogP contribution in [-0.2, 0) is 32.8 Å². The van der Waals surface area contributed by atoms with E-state index in [2.05, 4.69) is 5.32 Å². The summed E-state index contributed by atoms with van der Waals surface area (Å²) in [5, 5.41) is 3.14. The molecule has 0 spiro atoms. The van der Waals surface area contributed by atoms with Crippen LogP contribution in [0.2, 0.25) is 5.02 Å². The molecule has 10 heteroatoms. The van der Waals surface area contributed by atoms with Crippen molar-refractivity contribution >= 4 is 39.1 Å². The van der Waals surface area contributed by atoms with Crippen LogP contribution in [0.3, 0.4) is 0 Å². The van der Waals surface area contributed by atoms with Gasteiger partial charge in [-0.25, -0.2) is 8.42 Å². The van der Waals surface area contributed by atoms with Gasteiger partial charge in [0.25, 0.3) is 0 Å². The number of likely N-dealkylation sites (N-methyl/N-ethyl adjacent to an activating group) is 1. The van der Waals surface area contributed by atoms with E-state index in [1.807, 2.05) is 30.3 Å². The summed E-state index contributed by atoms with van der Waals surface area (Å²) in [6.45, 7) is 1.81. The maximum Gasteiger partial charge on any atom is 0.244 e. The monoisotopic (exact) mass is 557 g/mol. The number of sulfonamides is 1. The van der Waals surface area contributed by atoms with Gasteiger partial charge < -0.3 is 15.0 Å². The van der Waals surface area contributed by atoms with Crippen molar-refractivity contribution in [2.24, 2.45) is 0 Å². The van der Waals surface area contributed by atoms with Crippen molar-refractivity contribution in [1.29, 1.82) is 0 Å². The molecule has 3 rings (SSSR count). The number of amides is 2. The molecule has 0 unspecified atom stereocenters. The minimum Gasteiger partial charge on any atom is -0.489 e. The van der Waals surface area contributed by atoms with Crippen molar-refractivity contribution in [2.75, 3.05) is 24.2 Å². The van der Waals surface area contributed by atoms with Crippen molar-refractivity contribution < 1.29 is 22.7 Å². The van der Waals surface area contributed by atoms with E-state index >= 15 is 0 Å². The quantitative estimate of drug-likeness (QED) is 0.359. The van der Waals surface area contributed by atoms with E-state index in [4.69, 9.17) is 16.3 Å². The molecule has 0 saturated carbocycles. The van der Waals surface area contributed by atoms with Crippen LogP contribution in [0, 0.1) is 0 Å². The van der Waals surface area contributed by atoms with Gasteiger partial charge in [0.2, 0.25) is 21.8 Å². The lowest BCUT2D eigenvalue weighted by molar-refractivity contribution is -0.140. The SMILES string of the molecule is CC[C@H](C(=O)NC)N(Cc1ccc(Cl)cc1)C(=O)CN(c1ccc(OCc2ccccc2)cc1)S(C)(=O)=O. The lowest BCUT2D eigenvalue weighted by Crippen LogP contribution is -2.51. The first kappa shape index (κ1) is 29.0. The molecule has 0 aliphatic heterocycles. The number of hydrogen-bond donors (Lipinski definition) is 1. The molecule has 3 aromatic carbocycles. The van der Waals surface area contributed by atoms with Crippen LogP contribution in [0.1, 0.15) is 24.5 Å². The van der Waals surface area contributed by atoms with Gasteiger partial charge in [0.1, 0.15) is 24.9 Å². The summed E-state index contributed by atoms with van der Waals surface area (Å²) in [7, 11) is -2.32. The zero-order chi connectivity index (χ0) is 27.7. The van der Waals surface area contributed by atoms with Crippen molar-refractivity contribution in [2.45, 2.75) is 32.5 Å². The van der Waals surface area contributed by atoms with E-state index in [9.17, 15) is 18.0 Å². The highest BCUT2D eigenvalue weighted by Crippen LogP contribution is 2.23. The van der Waals surface area contributed by atoms with Gasteiger partial charge in [-0.1, -0.05) is 61.0 Å².